The molecule has 84 valence electrons. The van der Waals surface area contributed by atoms with Crippen LogP contribution in [0.1, 0.15) is 25.0 Å². The van der Waals surface area contributed by atoms with E-state index in [1.165, 1.54) is 11.1 Å². The van der Waals surface area contributed by atoms with E-state index < -0.39 is 0 Å². The Morgan fingerprint density at radius 1 is 1.47 bits per heavy atom. The van der Waals surface area contributed by atoms with Crippen LogP contribution in [-0.4, -0.2) is 24.2 Å². The van der Waals surface area contributed by atoms with Crippen LogP contribution < -0.4 is 5.32 Å². The summed E-state index contributed by atoms with van der Waals surface area (Å²) >= 11 is 0. The topological polar surface area (TPSA) is 34.1 Å². The van der Waals surface area contributed by atoms with Gasteiger partial charge < -0.3 is 10.1 Å². The lowest BCUT2D eigenvalue weighted by molar-refractivity contribution is 0.127. The molecule has 3 heteroatoms. The maximum Gasteiger partial charge on any atom is 0.0616 e. The molecule has 1 atom stereocenters. The second-order valence-corrected chi connectivity index (χ2v) is 3.81. The third-order valence-corrected chi connectivity index (χ3v) is 2.16. The first kappa shape index (κ1) is 12.1. The number of hydrogen-bond donors (Lipinski definition) is 1. The lowest BCUT2D eigenvalue weighted by Crippen LogP contribution is -2.30. The Balaban J connectivity index is 2.30. The highest BCUT2D eigenvalue weighted by Gasteiger charge is 2.01. The van der Waals surface area contributed by atoms with Gasteiger partial charge in [0.05, 0.1) is 6.61 Å². The van der Waals surface area contributed by atoms with E-state index in [2.05, 4.69) is 30.2 Å². The van der Waals surface area contributed by atoms with Crippen molar-refractivity contribution >= 4 is 0 Å². The minimum Gasteiger partial charge on any atom is -0.380 e. The summed E-state index contributed by atoms with van der Waals surface area (Å²) in [5.41, 5.74) is 2.42. The number of aryl methyl sites for hydroxylation is 1. The normalized spacial score (nSPS) is 12.7. The minimum absolute atomic E-state index is 0.380. The lowest BCUT2D eigenvalue weighted by atomic mass is 10.2. The van der Waals surface area contributed by atoms with E-state index in [0.717, 1.165) is 19.8 Å². The summed E-state index contributed by atoms with van der Waals surface area (Å²) in [6.45, 7) is 8.58. The van der Waals surface area contributed by atoms with Gasteiger partial charge in [-0.25, -0.2) is 0 Å². The van der Waals surface area contributed by atoms with E-state index in [1.807, 2.05) is 19.3 Å². The number of nitrogens with zero attached hydrogens (tertiary/aromatic N) is 1. The molecule has 1 aromatic rings. The second kappa shape index (κ2) is 6.53. The van der Waals surface area contributed by atoms with Gasteiger partial charge in [-0.2, -0.15) is 0 Å². The maximum absolute atomic E-state index is 5.33. The van der Waals surface area contributed by atoms with Gasteiger partial charge in [-0.15, -0.1) is 0 Å². The van der Waals surface area contributed by atoms with Gasteiger partial charge in [0.2, 0.25) is 0 Å². The Kier molecular flexibility index (Phi) is 5.29. The molecule has 0 radical (unpaired) electrons. The molecule has 1 rings (SSSR count). The van der Waals surface area contributed by atoms with Crippen molar-refractivity contribution in [3.8, 4) is 0 Å². The molecule has 0 aliphatic heterocycles. The fourth-order valence-electron chi connectivity index (χ4n) is 1.36. The van der Waals surface area contributed by atoms with Gasteiger partial charge in [0.1, 0.15) is 0 Å². The molecule has 15 heavy (non-hydrogen) atoms. The van der Waals surface area contributed by atoms with Crippen molar-refractivity contribution in [1.82, 2.24) is 10.3 Å². The summed E-state index contributed by atoms with van der Waals surface area (Å²) in [4.78, 5) is 4.15. The standard InChI is InChI=1S/C12H20N2O/c1-4-15-9-11(3)14-8-12-5-10(2)6-13-7-12/h5-7,11,14H,4,8-9H2,1-3H3. The van der Waals surface area contributed by atoms with Crippen molar-refractivity contribution in [2.24, 2.45) is 0 Å². The third kappa shape index (κ3) is 4.91. The van der Waals surface area contributed by atoms with Crippen molar-refractivity contribution in [1.29, 1.82) is 0 Å². The predicted octanol–water partition coefficient (Wildman–Crippen LogP) is 1.90. The van der Waals surface area contributed by atoms with Crippen LogP contribution in [0.4, 0.5) is 0 Å². The van der Waals surface area contributed by atoms with Gasteiger partial charge in [-0.1, -0.05) is 6.07 Å². The van der Waals surface area contributed by atoms with Crippen molar-refractivity contribution in [3.05, 3.63) is 29.6 Å². The first-order chi connectivity index (χ1) is 7.22. The van der Waals surface area contributed by atoms with Crippen molar-refractivity contribution in [3.63, 3.8) is 0 Å². The smallest absolute Gasteiger partial charge is 0.0616 e. The molecule has 0 saturated carbocycles. The van der Waals surface area contributed by atoms with Crippen LogP contribution in [0.2, 0.25) is 0 Å². The van der Waals surface area contributed by atoms with Gasteiger partial charge in [0.25, 0.3) is 0 Å². The van der Waals surface area contributed by atoms with Crippen LogP contribution in [0, 0.1) is 6.92 Å². The quantitative estimate of drug-likeness (QED) is 0.775. The molecule has 0 aromatic carbocycles. The van der Waals surface area contributed by atoms with Gasteiger partial charge in [0.15, 0.2) is 0 Å². The molecular formula is C12H20N2O. The average molecular weight is 208 g/mol. The Morgan fingerprint density at radius 2 is 2.27 bits per heavy atom. The molecule has 0 saturated heterocycles. The highest BCUT2D eigenvalue weighted by molar-refractivity contribution is 5.16. The first-order valence-corrected chi connectivity index (χ1v) is 5.44. The molecule has 0 spiro atoms. The fraction of sp³-hybridized carbons (Fsp3) is 0.583. The molecule has 0 aliphatic carbocycles. The summed E-state index contributed by atoms with van der Waals surface area (Å²) in [5.74, 6) is 0. The van der Waals surface area contributed by atoms with Crippen molar-refractivity contribution in [2.75, 3.05) is 13.2 Å². The van der Waals surface area contributed by atoms with Crippen LogP contribution in [0.15, 0.2) is 18.5 Å². The van der Waals surface area contributed by atoms with Crippen LogP contribution in [0.5, 0.6) is 0 Å². The Hall–Kier alpha value is -0.930. The first-order valence-electron chi connectivity index (χ1n) is 5.44. The van der Waals surface area contributed by atoms with Crippen LogP contribution in [-0.2, 0) is 11.3 Å². The summed E-state index contributed by atoms with van der Waals surface area (Å²) in [6.07, 6.45) is 3.76. The maximum atomic E-state index is 5.33. The van der Waals surface area contributed by atoms with Gasteiger partial charge in [-0.05, 0) is 31.9 Å². The molecular weight excluding hydrogens is 188 g/mol. The number of nitrogens with one attached hydrogen (secondary N) is 1. The molecule has 0 amide bonds. The third-order valence-electron chi connectivity index (χ3n) is 2.16. The largest absolute Gasteiger partial charge is 0.380 e. The number of rotatable bonds is 6. The zero-order valence-corrected chi connectivity index (χ0v) is 9.79. The average Bonchev–Trinajstić information content (AvgIpc) is 2.23. The number of aromatic nitrogens is 1. The Bertz CT molecular complexity index is 289. The fourth-order valence-corrected chi connectivity index (χ4v) is 1.36. The van der Waals surface area contributed by atoms with Crippen molar-refractivity contribution < 1.29 is 4.74 Å². The predicted molar refractivity (Wildman–Crippen MR) is 61.8 cm³/mol. The zero-order chi connectivity index (χ0) is 11.1. The number of hydrogen-bond acceptors (Lipinski definition) is 3. The van der Waals surface area contributed by atoms with Crippen LogP contribution >= 0.6 is 0 Å². The minimum atomic E-state index is 0.380. The van der Waals surface area contributed by atoms with Gasteiger partial charge >= 0.3 is 0 Å². The van der Waals surface area contributed by atoms with Gasteiger partial charge in [0, 0.05) is 31.6 Å². The summed E-state index contributed by atoms with van der Waals surface area (Å²) < 4.78 is 5.33. The Labute approximate surface area is 91.9 Å². The monoisotopic (exact) mass is 208 g/mol. The van der Waals surface area contributed by atoms with E-state index >= 15 is 0 Å². The lowest BCUT2D eigenvalue weighted by Gasteiger charge is -2.13. The van der Waals surface area contributed by atoms with Crippen molar-refractivity contribution in [2.45, 2.75) is 33.4 Å². The summed E-state index contributed by atoms with van der Waals surface area (Å²) in [6, 6.07) is 2.53. The molecule has 0 bridgehead atoms. The van der Waals surface area contributed by atoms with E-state index in [4.69, 9.17) is 4.74 Å². The van der Waals surface area contributed by atoms with Crippen LogP contribution in [0.25, 0.3) is 0 Å². The second-order valence-electron chi connectivity index (χ2n) is 3.81. The summed E-state index contributed by atoms with van der Waals surface area (Å²) in [5, 5.41) is 3.40. The van der Waals surface area contributed by atoms with Gasteiger partial charge in [-0.3, -0.25) is 4.98 Å². The molecule has 1 unspecified atom stereocenters. The zero-order valence-electron chi connectivity index (χ0n) is 9.79. The van der Waals surface area contributed by atoms with E-state index in [0.29, 0.717) is 6.04 Å². The highest BCUT2D eigenvalue weighted by Crippen LogP contribution is 2.01. The molecule has 1 aromatic heterocycles. The number of ether oxygens (including phenoxy) is 1. The number of pyridine rings is 1. The van der Waals surface area contributed by atoms with E-state index in [1.54, 1.807) is 0 Å². The molecule has 0 aliphatic rings. The molecule has 0 fully saturated rings. The SMILES string of the molecule is CCOCC(C)NCc1cncc(C)c1. The van der Waals surface area contributed by atoms with E-state index in [9.17, 15) is 0 Å². The molecule has 1 heterocycles. The molecule has 1 N–H and O–H groups in total. The van der Waals surface area contributed by atoms with E-state index in [-0.39, 0.29) is 0 Å². The van der Waals surface area contributed by atoms with Crippen LogP contribution in [0.3, 0.4) is 0 Å². The highest BCUT2D eigenvalue weighted by atomic mass is 16.5. The Morgan fingerprint density at radius 3 is 2.93 bits per heavy atom. The summed E-state index contributed by atoms with van der Waals surface area (Å²) in [7, 11) is 0. The molecule has 3 nitrogen and oxygen atoms in total.